The number of rotatable bonds is 2. The molecule has 1 atom stereocenters. The van der Waals surface area contributed by atoms with Crippen LogP contribution in [0, 0.1) is 0 Å². The maximum Gasteiger partial charge on any atom is 0.123 e. The van der Waals surface area contributed by atoms with Crippen LogP contribution in [0.5, 0.6) is 5.75 Å². The molecule has 3 heteroatoms. The number of fused-ring (bicyclic) bond motifs is 2. The molecule has 2 heterocycles. The van der Waals surface area contributed by atoms with Gasteiger partial charge in [0.25, 0.3) is 0 Å². The number of nitrogens with two attached hydrogens (primary N) is 1. The summed E-state index contributed by atoms with van der Waals surface area (Å²) in [5.74, 6) is 1.05. The number of nitrogen functional groups attached to an aromatic ring is 1. The summed E-state index contributed by atoms with van der Waals surface area (Å²) in [6.07, 6.45) is 3.58. The maximum atomic E-state index is 6.08. The van der Waals surface area contributed by atoms with Crippen LogP contribution >= 0.6 is 0 Å². The molecule has 0 radical (unpaired) electrons. The van der Waals surface area contributed by atoms with Crippen molar-refractivity contribution in [3.05, 3.63) is 53.6 Å². The Morgan fingerprint density at radius 3 is 2.95 bits per heavy atom. The largest absolute Gasteiger partial charge is 0.488 e. The second-order valence-electron chi connectivity index (χ2n) is 5.99. The Labute approximate surface area is 125 Å². The van der Waals surface area contributed by atoms with Crippen LogP contribution in [0.15, 0.2) is 42.5 Å². The Hall–Kier alpha value is -2.16. The third-order valence-corrected chi connectivity index (χ3v) is 4.46. The Morgan fingerprint density at radius 1 is 1.14 bits per heavy atom. The van der Waals surface area contributed by atoms with Crippen molar-refractivity contribution in [2.45, 2.75) is 25.4 Å². The lowest BCUT2D eigenvalue weighted by Crippen LogP contribution is -2.38. The van der Waals surface area contributed by atoms with Crippen molar-refractivity contribution in [1.82, 2.24) is 0 Å². The minimum atomic E-state index is 0.255. The van der Waals surface area contributed by atoms with Crippen molar-refractivity contribution in [1.29, 1.82) is 0 Å². The second-order valence-corrected chi connectivity index (χ2v) is 5.99. The molecule has 2 aromatic rings. The molecule has 2 N–H and O–H groups in total. The van der Waals surface area contributed by atoms with Gasteiger partial charge in [-0.3, -0.25) is 0 Å². The number of anilines is 2. The Kier molecular flexibility index (Phi) is 2.99. The van der Waals surface area contributed by atoms with E-state index in [1.165, 1.54) is 23.2 Å². The number of benzene rings is 2. The van der Waals surface area contributed by atoms with Crippen molar-refractivity contribution in [3.63, 3.8) is 0 Å². The minimum Gasteiger partial charge on any atom is -0.488 e. The van der Waals surface area contributed by atoms with Crippen molar-refractivity contribution >= 4 is 11.4 Å². The van der Waals surface area contributed by atoms with Crippen LogP contribution in [0.2, 0.25) is 0 Å². The summed E-state index contributed by atoms with van der Waals surface area (Å²) >= 11 is 0. The van der Waals surface area contributed by atoms with E-state index in [0.717, 1.165) is 37.4 Å². The van der Waals surface area contributed by atoms with Gasteiger partial charge in [-0.15, -0.1) is 0 Å². The van der Waals surface area contributed by atoms with E-state index in [2.05, 4.69) is 35.2 Å². The van der Waals surface area contributed by atoms with Gasteiger partial charge in [-0.25, -0.2) is 0 Å². The normalized spacial score (nSPS) is 19.8. The van der Waals surface area contributed by atoms with Gasteiger partial charge in [0.2, 0.25) is 0 Å². The molecule has 2 aliphatic rings. The first kappa shape index (κ1) is 12.6. The molecular formula is C18H20N2O. The van der Waals surface area contributed by atoms with E-state index in [4.69, 9.17) is 10.5 Å². The molecule has 0 amide bonds. The van der Waals surface area contributed by atoms with E-state index < -0.39 is 0 Å². The van der Waals surface area contributed by atoms with Crippen LogP contribution < -0.4 is 15.4 Å². The molecule has 2 aromatic carbocycles. The highest BCUT2D eigenvalue weighted by Gasteiger charge is 2.26. The lowest BCUT2D eigenvalue weighted by atomic mass is 10.00. The maximum absolute atomic E-state index is 6.08. The Morgan fingerprint density at radius 2 is 2.05 bits per heavy atom. The fourth-order valence-electron chi connectivity index (χ4n) is 3.49. The number of para-hydroxylation sites is 1. The second kappa shape index (κ2) is 4.99. The summed E-state index contributed by atoms with van der Waals surface area (Å²) < 4.78 is 6.08. The summed E-state index contributed by atoms with van der Waals surface area (Å²) in [5.41, 5.74) is 10.8. The van der Waals surface area contributed by atoms with Crippen LogP contribution in [-0.4, -0.2) is 19.2 Å². The first-order valence-electron chi connectivity index (χ1n) is 7.67. The topological polar surface area (TPSA) is 38.5 Å². The monoisotopic (exact) mass is 280 g/mol. The summed E-state index contributed by atoms with van der Waals surface area (Å²) in [7, 11) is 0. The van der Waals surface area contributed by atoms with Gasteiger partial charge in [0.1, 0.15) is 11.9 Å². The quantitative estimate of drug-likeness (QED) is 0.859. The van der Waals surface area contributed by atoms with Gasteiger partial charge in [0, 0.05) is 24.3 Å². The minimum absolute atomic E-state index is 0.255. The highest BCUT2D eigenvalue weighted by atomic mass is 16.5. The Bertz CT molecular complexity index is 643. The van der Waals surface area contributed by atoms with Gasteiger partial charge in [0.05, 0.1) is 6.54 Å². The fraction of sp³-hybridized carbons (Fsp3) is 0.333. The molecule has 0 saturated carbocycles. The lowest BCUT2D eigenvalue weighted by Gasteiger charge is -2.33. The van der Waals surface area contributed by atoms with Gasteiger partial charge >= 0.3 is 0 Å². The van der Waals surface area contributed by atoms with Gasteiger partial charge in [-0.2, -0.15) is 0 Å². The molecule has 0 bridgehead atoms. The van der Waals surface area contributed by atoms with Crippen molar-refractivity contribution < 1.29 is 4.74 Å². The zero-order chi connectivity index (χ0) is 14.2. The van der Waals surface area contributed by atoms with Gasteiger partial charge < -0.3 is 15.4 Å². The third kappa shape index (κ3) is 2.33. The fourth-order valence-corrected chi connectivity index (χ4v) is 3.49. The number of ether oxygens (including phenoxy) is 1. The lowest BCUT2D eigenvalue weighted by molar-refractivity contribution is 0.236. The van der Waals surface area contributed by atoms with Crippen LogP contribution in [0.4, 0.5) is 11.4 Å². The van der Waals surface area contributed by atoms with E-state index in [0.29, 0.717) is 0 Å². The van der Waals surface area contributed by atoms with Gasteiger partial charge in [-0.1, -0.05) is 18.2 Å². The predicted molar refractivity (Wildman–Crippen MR) is 86.0 cm³/mol. The first-order chi connectivity index (χ1) is 10.3. The van der Waals surface area contributed by atoms with E-state index in [1.807, 2.05) is 12.1 Å². The average Bonchev–Trinajstić information content (AvgIpc) is 2.89. The average molecular weight is 280 g/mol. The number of hydrogen-bond acceptors (Lipinski definition) is 3. The number of aryl methyl sites for hydroxylation is 1. The molecule has 2 aliphatic heterocycles. The highest BCUT2D eigenvalue weighted by Crippen LogP contribution is 2.32. The van der Waals surface area contributed by atoms with E-state index in [9.17, 15) is 0 Å². The first-order valence-corrected chi connectivity index (χ1v) is 7.67. The zero-order valence-corrected chi connectivity index (χ0v) is 12.1. The number of nitrogens with zero attached hydrogens (tertiary/aromatic N) is 1. The third-order valence-electron chi connectivity index (χ3n) is 4.46. The summed E-state index contributed by atoms with van der Waals surface area (Å²) in [5, 5.41) is 0. The molecule has 1 unspecified atom stereocenters. The smallest absolute Gasteiger partial charge is 0.123 e. The SMILES string of the molecule is Nc1ccc2c(c1)CCCN2CC1Cc2ccccc2O1. The van der Waals surface area contributed by atoms with Crippen LogP contribution in [0.1, 0.15) is 17.5 Å². The predicted octanol–water partition coefficient (Wildman–Crippen LogP) is 3.03. The standard InChI is InChI=1S/C18H20N2O/c19-15-7-8-17-13(10-15)5-3-9-20(17)12-16-11-14-4-1-2-6-18(14)21-16/h1-2,4,6-8,10,16H,3,5,9,11-12,19H2. The zero-order valence-electron chi connectivity index (χ0n) is 12.1. The molecule has 0 fully saturated rings. The molecule has 3 nitrogen and oxygen atoms in total. The van der Waals surface area contributed by atoms with Crippen molar-refractivity contribution in [2.24, 2.45) is 0 Å². The summed E-state index contributed by atoms with van der Waals surface area (Å²) in [4.78, 5) is 2.45. The van der Waals surface area contributed by atoms with E-state index in [-0.39, 0.29) is 6.10 Å². The molecule has 0 aromatic heterocycles. The number of hydrogen-bond donors (Lipinski definition) is 1. The van der Waals surface area contributed by atoms with Gasteiger partial charge in [0.15, 0.2) is 0 Å². The van der Waals surface area contributed by atoms with Crippen molar-refractivity contribution in [2.75, 3.05) is 23.7 Å². The van der Waals surface area contributed by atoms with Crippen LogP contribution in [0.25, 0.3) is 0 Å². The van der Waals surface area contributed by atoms with E-state index >= 15 is 0 Å². The molecule has 0 spiro atoms. The highest BCUT2D eigenvalue weighted by molar-refractivity contribution is 5.61. The molecule has 0 saturated heterocycles. The summed E-state index contributed by atoms with van der Waals surface area (Å²) in [6, 6.07) is 14.6. The molecule has 21 heavy (non-hydrogen) atoms. The van der Waals surface area contributed by atoms with Crippen LogP contribution in [-0.2, 0) is 12.8 Å². The molecule has 0 aliphatic carbocycles. The van der Waals surface area contributed by atoms with Gasteiger partial charge in [-0.05, 0) is 48.2 Å². The van der Waals surface area contributed by atoms with Crippen molar-refractivity contribution in [3.8, 4) is 5.75 Å². The molecule has 4 rings (SSSR count). The summed E-state index contributed by atoms with van der Waals surface area (Å²) in [6.45, 7) is 2.05. The van der Waals surface area contributed by atoms with E-state index in [1.54, 1.807) is 0 Å². The van der Waals surface area contributed by atoms with Crippen LogP contribution in [0.3, 0.4) is 0 Å². The Balaban J connectivity index is 1.53. The molecular weight excluding hydrogens is 260 g/mol. The molecule has 108 valence electrons.